The van der Waals surface area contributed by atoms with Crippen LogP contribution in [-0.4, -0.2) is 41.8 Å². The summed E-state index contributed by atoms with van der Waals surface area (Å²) >= 11 is 0. The monoisotopic (exact) mass is 310 g/mol. The van der Waals surface area contributed by atoms with Crippen LogP contribution in [0.15, 0.2) is 42.5 Å². The number of halogens is 2. The number of anilines is 1. The summed E-state index contributed by atoms with van der Waals surface area (Å²) in [5.41, 5.74) is 2.45. The molecule has 0 bridgehead atoms. The minimum absolute atomic E-state index is 0.224. The van der Waals surface area contributed by atoms with Crippen LogP contribution in [0.4, 0.5) is 14.5 Å². The van der Waals surface area contributed by atoms with Crippen LogP contribution < -0.4 is 10.4 Å². The molecule has 22 heavy (non-hydrogen) atoms. The van der Waals surface area contributed by atoms with Gasteiger partial charge in [0.25, 0.3) is 5.91 Å². The molecule has 1 atom stereocenters. The average molecular weight is 310 g/mol. The predicted molar refractivity (Wildman–Crippen MR) is 77.2 cm³/mol. The second-order valence-corrected chi connectivity index (χ2v) is 4.81. The third kappa shape index (κ3) is 4.12. The van der Waals surface area contributed by atoms with Crippen LogP contribution in [0, 0.1) is 0 Å². The highest BCUT2D eigenvalue weighted by Crippen LogP contribution is 2.24. The zero-order valence-electron chi connectivity index (χ0n) is 11.6. The lowest BCUT2D eigenvalue weighted by molar-refractivity contribution is -0.132. The standard InChI is InChI=1S/C15H16F2N2O3/c16-14(17)15(21)18-8-13(20)9-19(22)12-6-4-10-2-1-3-11(10)5-7-12/h1-7,13-14,20,22H,8-9H2,(H,18,21)/t13-/m0/s1. The van der Waals surface area contributed by atoms with Gasteiger partial charge in [-0.1, -0.05) is 30.3 Å². The first kappa shape index (κ1) is 16.1. The van der Waals surface area contributed by atoms with Crippen molar-refractivity contribution in [1.82, 2.24) is 5.32 Å². The van der Waals surface area contributed by atoms with Crippen molar-refractivity contribution in [2.75, 3.05) is 18.2 Å². The Balaban J connectivity index is 1.94. The summed E-state index contributed by atoms with van der Waals surface area (Å²) in [6, 6.07) is 12.7. The Morgan fingerprint density at radius 1 is 1.14 bits per heavy atom. The van der Waals surface area contributed by atoms with Crippen molar-refractivity contribution in [2.24, 2.45) is 0 Å². The fraction of sp³-hybridized carbons (Fsp3) is 0.267. The Hall–Kier alpha value is -2.25. The Bertz CT molecular complexity index is 578. The number of carbonyl (C=O) groups excluding carboxylic acids is 1. The Morgan fingerprint density at radius 2 is 1.73 bits per heavy atom. The third-order valence-corrected chi connectivity index (χ3v) is 3.14. The molecule has 0 spiro atoms. The number of hydrogen-bond acceptors (Lipinski definition) is 4. The van der Waals surface area contributed by atoms with Crippen molar-refractivity contribution in [3.05, 3.63) is 42.5 Å². The van der Waals surface area contributed by atoms with Gasteiger partial charge < -0.3 is 10.4 Å². The van der Waals surface area contributed by atoms with E-state index in [0.29, 0.717) is 5.69 Å². The fourth-order valence-corrected chi connectivity index (χ4v) is 1.99. The molecular weight excluding hydrogens is 294 g/mol. The first-order chi connectivity index (χ1) is 10.5. The maximum absolute atomic E-state index is 12.0. The number of hydroxylamine groups is 1. The van der Waals surface area contributed by atoms with Gasteiger partial charge in [-0.2, -0.15) is 8.78 Å². The van der Waals surface area contributed by atoms with E-state index in [-0.39, 0.29) is 13.1 Å². The van der Waals surface area contributed by atoms with E-state index < -0.39 is 18.4 Å². The van der Waals surface area contributed by atoms with Crippen LogP contribution in [0.2, 0.25) is 0 Å². The van der Waals surface area contributed by atoms with Crippen LogP contribution in [0.1, 0.15) is 0 Å². The summed E-state index contributed by atoms with van der Waals surface area (Å²) in [6.07, 6.45) is -4.31. The Kier molecular flexibility index (Phi) is 5.24. The molecule has 118 valence electrons. The number of rotatable bonds is 6. The van der Waals surface area contributed by atoms with E-state index in [4.69, 9.17) is 0 Å². The maximum Gasteiger partial charge on any atom is 0.315 e. The molecule has 2 aliphatic rings. The number of nitrogens with one attached hydrogen (secondary N) is 1. The van der Waals surface area contributed by atoms with Crippen molar-refractivity contribution >= 4 is 11.6 Å². The van der Waals surface area contributed by atoms with E-state index in [9.17, 15) is 23.9 Å². The van der Waals surface area contributed by atoms with Gasteiger partial charge in [0.15, 0.2) is 0 Å². The highest BCUT2D eigenvalue weighted by molar-refractivity contribution is 5.79. The summed E-state index contributed by atoms with van der Waals surface area (Å²) in [5, 5.41) is 22.3. The molecule has 0 aromatic rings. The largest absolute Gasteiger partial charge is 0.389 e. The van der Waals surface area contributed by atoms with Gasteiger partial charge in [-0.3, -0.25) is 15.1 Å². The number of hydrogen-bond donors (Lipinski definition) is 3. The van der Waals surface area contributed by atoms with Gasteiger partial charge in [-0.05, 0) is 23.3 Å². The summed E-state index contributed by atoms with van der Waals surface area (Å²) < 4.78 is 24.0. The average Bonchev–Trinajstić information content (AvgIpc) is 2.83. The molecule has 3 N–H and O–H groups in total. The molecule has 7 heteroatoms. The maximum atomic E-state index is 12.0. The lowest BCUT2D eigenvalue weighted by Crippen LogP contribution is -2.41. The van der Waals surface area contributed by atoms with Crippen LogP contribution in [0.5, 0.6) is 0 Å². The van der Waals surface area contributed by atoms with Gasteiger partial charge in [0, 0.05) is 6.54 Å². The van der Waals surface area contributed by atoms with E-state index in [1.54, 1.807) is 12.1 Å². The van der Waals surface area contributed by atoms with E-state index in [2.05, 4.69) is 0 Å². The first-order valence-corrected chi connectivity index (χ1v) is 6.66. The van der Waals surface area contributed by atoms with Gasteiger partial charge in [-0.15, -0.1) is 0 Å². The third-order valence-electron chi connectivity index (χ3n) is 3.14. The number of aliphatic hydroxyl groups excluding tert-OH is 1. The van der Waals surface area contributed by atoms with Crippen LogP contribution >= 0.6 is 0 Å². The van der Waals surface area contributed by atoms with Gasteiger partial charge in [0.1, 0.15) is 0 Å². The first-order valence-electron chi connectivity index (χ1n) is 6.66. The summed E-state index contributed by atoms with van der Waals surface area (Å²) in [7, 11) is 0. The molecule has 2 aliphatic carbocycles. The van der Waals surface area contributed by atoms with Gasteiger partial charge in [0.05, 0.1) is 18.3 Å². The lowest BCUT2D eigenvalue weighted by Gasteiger charge is -2.20. The van der Waals surface area contributed by atoms with E-state index in [1.807, 2.05) is 35.6 Å². The Morgan fingerprint density at radius 3 is 2.27 bits per heavy atom. The molecule has 0 aromatic carbocycles. The topological polar surface area (TPSA) is 72.8 Å². The molecule has 0 aliphatic heterocycles. The van der Waals surface area contributed by atoms with E-state index in [0.717, 1.165) is 16.2 Å². The molecule has 0 radical (unpaired) electrons. The van der Waals surface area contributed by atoms with Crippen molar-refractivity contribution in [3.63, 3.8) is 0 Å². The van der Waals surface area contributed by atoms with E-state index in [1.165, 1.54) is 0 Å². The lowest BCUT2D eigenvalue weighted by atomic mass is 10.2. The van der Waals surface area contributed by atoms with Crippen molar-refractivity contribution < 1.29 is 23.9 Å². The number of nitrogens with zero attached hydrogens (tertiary/aromatic N) is 1. The summed E-state index contributed by atoms with van der Waals surface area (Å²) in [4.78, 5) is 10.7. The number of alkyl halides is 2. The SMILES string of the molecule is O=C(NC[C@H](O)CN(O)c1ccc2cccc-2cc1)C(F)F. The molecule has 1 amide bonds. The predicted octanol–water partition coefficient (Wildman–Crippen LogP) is 1.73. The molecule has 0 fully saturated rings. The second-order valence-electron chi connectivity index (χ2n) is 4.81. The van der Waals surface area contributed by atoms with E-state index >= 15 is 0 Å². The quantitative estimate of drug-likeness (QED) is 0.711. The summed E-state index contributed by atoms with van der Waals surface area (Å²) in [5.74, 6) is -1.45. The zero-order chi connectivity index (χ0) is 16.1. The molecule has 0 saturated heterocycles. The molecule has 0 aromatic heterocycles. The highest BCUT2D eigenvalue weighted by atomic mass is 19.3. The zero-order valence-corrected chi connectivity index (χ0v) is 11.6. The second kappa shape index (κ2) is 7.15. The van der Waals surface area contributed by atoms with Gasteiger partial charge >= 0.3 is 6.43 Å². The van der Waals surface area contributed by atoms with Crippen molar-refractivity contribution in [2.45, 2.75) is 12.5 Å². The minimum Gasteiger partial charge on any atom is -0.389 e. The van der Waals surface area contributed by atoms with Crippen LogP contribution in [0.3, 0.4) is 0 Å². The number of amides is 1. The van der Waals surface area contributed by atoms with Crippen molar-refractivity contribution in [1.29, 1.82) is 0 Å². The van der Waals surface area contributed by atoms with Crippen LogP contribution in [-0.2, 0) is 4.79 Å². The molecule has 5 nitrogen and oxygen atoms in total. The number of fused-ring (bicyclic) bond motifs is 1. The summed E-state index contributed by atoms with van der Waals surface area (Å²) in [6.45, 7) is -0.593. The number of carbonyl (C=O) groups is 1. The normalized spacial score (nSPS) is 12.4. The molecule has 0 saturated carbocycles. The smallest absolute Gasteiger partial charge is 0.315 e. The minimum atomic E-state index is -3.13. The molecular formula is C15H16F2N2O3. The molecule has 0 heterocycles. The van der Waals surface area contributed by atoms with Crippen molar-refractivity contribution in [3.8, 4) is 11.1 Å². The Labute approximate surface area is 126 Å². The van der Waals surface area contributed by atoms with Gasteiger partial charge in [-0.25, -0.2) is 0 Å². The highest BCUT2D eigenvalue weighted by Gasteiger charge is 2.17. The molecule has 0 unspecified atom stereocenters. The van der Waals surface area contributed by atoms with Crippen LogP contribution in [0.25, 0.3) is 11.1 Å². The van der Waals surface area contributed by atoms with Gasteiger partial charge in [0.2, 0.25) is 0 Å². The number of aliphatic hydroxyl groups is 1. The fourth-order valence-electron chi connectivity index (χ4n) is 1.99. The molecule has 2 rings (SSSR count).